The third kappa shape index (κ3) is 4.48. The summed E-state index contributed by atoms with van der Waals surface area (Å²) in [5.41, 5.74) is 1.62. The van der Waals surface area contributed by atoms with Gasteiger partial charge in [0.15, 0.2) is 0 Å². The van der Waals surface area contributed by atoms with E-state index in [1.807, 2.05) is 29.2 Å². The zero-order valence-corrected chi connectivity index (χ0v) is 17.1. The highest BCUT2D eigenvalue weighted by Gasteiger charge is 2.22. The normalized spacial score (nSPS) is 15.0. The minimum absolute atomic E-state index is 0.0853. The molecule has 1 aliphatic heterocycles. The van der Waals surface area contributed by atoms with Gasteiger partial charge in [-0.05, 0) is 41.1 Å². The molecule has 2 heterocycles. The number of pyridine rings is 1. The predicted molar refractivity (Wildman–Crippen MR) is 111 cm³/mol. The third-order valence-electron chi connectivity index (χ3n) is 4.04. The van der Waals surface area contributed by atoms with Gasteiger partial charge in [-0.15, -0.1) is 0 Å². The van der Waals surface area contributed by atoms with Crippen LogP contribution >= 0.6 is 45.8 Å². The number of aromatic nitrogens is 1. The molecule has 0 spiro atoms. The number of nitrogens with one attached hydrogen (secondary N) is 1. The molecule has 0 aliphatic carbocycles. The van der Waals surface area contributed by atoms with Crippen molar-refractivity contribution in [2.45, 2.75) is 6.42 Å². The molecule has 2 amide bonds. The summed E-state index contributed by atoms with van der Waals surface area (Å²) >= 11 is 14.7. The molecule has 2 aromatic rings. The van der Waals surface area contributed by atoms with Crippen LogP contribution < -0.4 is 10.2 Å². The van der Waals surface area contributed by atoms with Crippen molar-refractivity contribution in [3.05, 3.63) is 50.3 Å². The van der Waals surface area contributed by atoms with Gasteiger partial charge >= 0.3 is 6.03 Å². The molecule has 0 unspecified atom stereocenters. The minimum atomic E-state index is -0.0853. The van der Waals surface area contributed by atoms with Gasteiger partial charge in [-0.3, -0.25) is 4.98 Å². The quantitative estimate of drug-likeness (QED) is 0.618. The number of hydrogen-bond donors (Lipinski definition) is 1. The van der Waals surface area contributed by atoms with Gasteiger partial charge in [-0.25, -0.2) is 4.79 Å². The lowest BCUT2D eigenvalue weighted by Gasteiger charge is -2.25. The minimum Gasteiger partial charge on any atom is -0.367 e. The van der Waals surface area contributed by atoms with E-state index >= 15 is 0 Å². The lowest BCUT2D eigenvalue weighted by atomic mass is 10.3. The van der Waals surface area contributed by atoms with Crippen LogP contribution in [0.4, 0.5) is 16.2 Å². The molecule has 25 heavy (non-hydrogen) atoms. The van der Waals surface area contributed by atoms with E-state index in [-0.39, 0.29) is 6.03 Å². The fourth-order valence-electron chi connectivity index (χ4n) is 2.81. The summed E-state index contributed by atoms with van der Waals surface area (Å²) in [4.78, 5) is 20.5. The van der Waals surface area contributed by atoms with E-state index in [1.54, 1.807) is 12.4 Å². The monoisotopic (exact) mass is 490 g/mol. The molecule has 5 nitrogen and oxygen atoms in total. The summed E-state index contributed by atoms with van der Waals surface area (Å²) in [5.74, 6) is 0. The summed E-state index contributed by atoms with van der Waals surface area (Å²) in [6, 6.07) is 7.64. The number of carbonyl (C=O) groups is 1. The maximum absolute atomic E-state index is 12.6. The largest absolute Gasteiger partial charge is 0.367 e. The molecular formula is C17H17Cl2IN4O. The molecular weight excluding hydrogens is 474 g/mol. The lowest BCUT2D eigenvalue weighted by molar-refractivity contribution is 0.215. The Kier molecular flexibility index (Phi) is 6.24. The van der Waals surface area contributed by atoms with Crippen LogP contribution in [0.15, 0.2) is 36.7 Å². The van der Waals surface area contributed by atoms with Crippen molar-refractivity contribution in [2.75, 3.05) is 36.4 Å². The van der Waals surface area contributed by atoms with Crippen molar-refractivity contribution < 1.29 is 4.79 Å². The Hall–Kier alpha value is -1.25. The Balaban J connectivity index is 1.67. The summed E-state index contributed by atoms with van der Waals surface area (Å²) in [6.07, 6.45) is 4.03. The van der Waals surface area contributed by atoms with Crippen molar-refractivity contribution in [3.63, 3.8) is 0 Å². The molecule has 0 bridgehead atoms. The van der Waals surface area contributed by atoms with Crippen LogP contribution in [0.2, 0.25) is 10.0 Å². The molecule has 0 radical (unpaired) electrons. The van der Waals surface area contributed by atoms with E-state index in [1.165, 1.54) is 0 Å². The number of benzene rings is 1. The average molecular weight is 491 g/mol. The third-order valence-corrected chi connectivity index (χ3v) is 5.54. The first-order valence-corrected chi connectivity index (χ1v) is 9.74. The fraction of sp³-hybridized carbons (Fsp3) is 0.294. The summed E-state index contributed by atoms with van der Waals surface area (Å²) in [7, 11) is 0. The zero-order valence-electron chi connectivity index (χ0n) is 13.4. The van der Waals surface area contributed by atoms with E-state index in [9.17, 15) is 4.79 Å². The molecule has 1 N–H and O–H groups in total. The SMILES string of the molecule is O=C(Nc1ccccc1I)N1CCCN(c2c(Cl)cncc2Cl)CC1. The van der Waals surface area contributed by atoms with Crippen LogP contribution in [-0.2, 0) is 0 Å². The molecule has 0 atom stereocenters. The van der Waals surface area contributed by atoms with E-state index in [0.29, 0.717) is 29.7 Å². The second-order valence-corrected chi connectivity index (χ2v) is 7.67. The molecule has 3 rings (SSSR count). The number of nitrogens with zero attached hydrogens (tertiary/aromatic N) is 3. The highest BCUT2D eigenvalue weighted by Crippen LogP contribution is 2.33. The number of amides is 2. The van der Waals surface area contributed by atoms with Gasteiger partial charge in [0.25, 0.3) is 0 Å². The first-order chi connectivity index (χ1) is 12.1. The summed E-state index contributed by atoms with van der Waals surface area (Å²) in [5, 5.41) is 4.05. The van der Waals surface area contributed by atoms with Gasteiger partial charge in [0.2, 0.25) is 0 Å². The number of anilines is 2. The van der Waals surface area contributed by atoms with Gasteiger partial charge in [0.1, 0.15) is 0 Å². The van der Waals surface area contributed by atoms with Crippen LogP contribution in [0.3, 0.4) is 0 Å². The smallest absolute Gasteiger partial charge is 0.321 e. The van der Waals surface area contributed by atoms with Crippen molar-refractivity contribution in [3.8, 4) is 0 Å². The van der Waals surface area contributed by atoms with Crippen LogP contribution in [0.5, 0.6) is 0 Å². The fourth-order valence-corrected chi connectivity index (χ4v) is 3.93. The number of para-hydroxylation sites is 1. The van der Waals surface area contributed by atoms with Crippen molar-refractivity contribution in [1.82, 2.24) is 9.88 Å². The highest BCUT2D eigenvalue weighted by molar-refractivity contribution is 14.1. The molecule has 0 saturated carbocycles. The number of hydrogen-bond acceptors (Lipinski definition) is 3. The highest BCUT2D eigenvalue weighted by atomic mass is 127. The lowest BCUT2D eigenvalue weighted by Crippen LogP contribution is -2.38. The van der Waals surface area contributed by atoms with Gasteiger partial charge < -0.3 is 15.1 Å². The second kappa shape index (κ2) is 8.42. The van der Waals surface area contributed by atoms with Gasteiger partial charge in [-0.2, -0.15) is 0 Å². The Morgan fingerprint density at radius 2 is 1.80 bits per heavy atom. The second-order valence-electron chi connectivity index (χ2n) is 5.69. The Bertz CT molecular complexity index is 754. The van der Waals surface area contributed by atoms with Gasteiger partial charge in [0, 0.05) is 42.1 Å². The number of urea groups is 1. The van der Waals surface area contributed by atoms with E-state index in [0.717, 1.165) is 27.9 Å². The molecule has 132 valence electrons. The molecule has 1 fully saturated rings. The molecule has 1 aromatic heterocycles. The molecule has 1 aromatic carbocycles. The first kappa shape index (κ1) is 18.5. The van der Waals surface area contributed by atoms with Crippen LogP contribution in [0, 0.1) is 3.57 Å². The van der Waals surface area contributed by atoms with E-state index < -0.39 is 0 Å². The van der Waals surface area contributed by atoms with E-state index in [4.69, 9.17) is 23.2 Å². The first-order valence-electron chi connectivity index (χ1n) is 7.90. The van der Waals surface area contributed by atoms with E-state index in [2.05, 4.69) is 37.8 Å². The maximum Gasteiger partial charge on any atom is 0.321 e. The Labute approximate surface area is 170 Å². The summed E-state index contributed by atoms with van der Waals surface area (Å²) in [6.45, 7) is 2.75. The van der Waals surface area contributed by atoms with Crippen LogP contribution in [0.25, 0.3) is 0 Å². The van der Waals surface area contributed by atoms with Gasteiger partial charge in [0.05, 0.1) is 21.4 Å². The average Bonchev–Trinajstić information content (AvgIpc) is 2.83. The maximum atomic E-state index is 12.6. The van der Waals surface area contributed by atoms with Crippen molar-refractivity contribution in [2.24, 2.45) is 0 Å². The molecule has 1 saturated heterocycles. The molecule has 8 heteroatoms. The number of halogens is 3. The van der Waals surface area contributed by atoms with Gasteiger partial charge in [-0.1, -0.05) is 35.3 Å². The Morgan fingerprint density at radius 1 is 1.08 bits per heavy atom. The van der Waals surface area contributed by atoms with Crippen LogP contribution in [-0.4, -0.2) is 42.1 Å². The predicted octanol–water partition coefficient (Wildman–Crippen LogP) is 4.74. The molecule has 1 aliphatic rings. The Morgan fingerprint density at radius 3 is 2.52 bits per heavy atom. The topological polar surface area (TPSA) is 48.5 Å². The number of carbonyl (C=O) groups excluding carboxylic acids is 1. The van der Waals surface area contributed by atoms with Crippen molar-refractivity contribution in [1.29, 1.82) is 0 Å². The number of rotatable bonds is 2. The summed E-state index contributed by atoms with van der Waals surface area (Å²) < 4.78 is 1.01. The standard InChI is InChI=1S/C17H17Cl2IN4O/c18-12-10-21-11-13(19)16(12)23-6-3-7-24(9-8-23)17(25)22-15-5-2-1-4-14(15)20/h1-2,4-5,10-11H,3,6-9H2,(H,22,25). The van der Waals surface area contributed by atoms with Crippen LogP contribution in [0.1, 0.15) is 6.42 Å². The van der Waals surface area contributed by atoms with Crippen molar-refractivity contribution >= 4 is 63.2 Å². The zero-order chi connectivity index (χ0) is 17.8.